The highest BCUT2D eigenvalue weighted by molar-refractivity contribution is 14.1. The molecule has 18 heavy (non-hydrogen) atoms. The summed E-state index contributed by atoms with van der Waals surface area (Å²) in [6.07, 6.45) is 0. The molecule has 2 rings (SSSR count). The predicted octanol–water partition coefficient (Wildman–Crippen LogP) is 4.61. The van der Waals surface area contributed by atoms with E-state index >= 15 is 0 Å². The Balaban J connectivity index is 2.24. The van der Waals surface area contributed by atoms with Gasteiger partial charge >= 0.3 is 0 Å². The molecule has 0 aliphatic carbocycles. The SMILES string of the molecule is Cc1ccc(NC(=O)c2ccccc2Br)c(I)c1. The van der Waals surface area contributed by atoms with E-state index in [0.29, 0.717) is 5.56 Å². The first-order valence-electron chi connectivity index (χ1n) is 5.40. The molecule has 2 nitrogen and oxygen atoms in total. The van der Waals surface area contributed by atoms with E-state index < -0.39 is 0 Å². The number of rotatable bonds is 2. The Morgan fingerprint density at radius 3 is 2.61 bits per heavy atom. The Labute approximate surface area is 128 Å². The number of carbonyl (C=O) groups excluding carboxylic acids is 1. The highest BCUT2D eigenvalue weighted by Crippen LogP contribution is 2.22. The molecule has 0 unspecified atom stereocenters. The lowest BCUT2D eigenvalue weighted by atomic mass is 10.2. The van der Waals surface area contributed by atoms with E-state index in [4.69, 9.17) is 0 Å². The van der Waals surface area contributed by atoms with Crippen LogP contribution in [0.5, 0.6) is 0 Å². The third-order valence-corrected chi connectivity index (χ3v) is 4.08. The molecular weight excluding hydrogens is 405 g/mol. The van der Waals surface area contributed by atoms with Crippen molar-refractivity contribution in [2.45, 2.75) is 6.92 Å². The second kappa shape index (κ2) is 5.84. The maximum absolute atomic E-state index is 12.1. The summed E-state index contributed by atoms with van der Waals surface area (Å²) >= 11 is 5.60. The molecular formula is C14H11BrINO. The van der Waals surface area contributed by atoms with Crippen molar-refractivity contribution >= 4 is 50.1 Å². The van der Waals surface area contributed by atoms with E-state index in [1.165, 1.54) is 5.56 Å². The second-order valence-electron chi connectivity index (χ2n) is 3.92. The lowest BCUT2D eigenvalue weighted by Crippen LogP contribution is -2.13. The number of hydrogen-bond donors (Lipinski definition) is 1. The van der Waals surface area contributed by atoms with Crippen molar-refractivity contribution in [3.05, 3.63) is 61.6 Å². The smallest absolute Gasteiger partial charge is 0.256 e. The number of amides is 1. The van der Waals surface area contributed by atoms with Gasteiger partial charge in [0.25, 0.3) is 5.91 Å². The minimum absolute atomic E-state index is 0.107. The first-order valence-corrected chi connectivity index (χ1v) is 7.27. The topological polar surface area (TPSA) is 29.1 Å². The minimum atomic E-state index is -0.107. The second-order valence-corrected chi connectivity index (χ2v) is 5.93. The number of halogens is 2. The van der Waals surface area contributed by atoms with Crippen LogP contribution in [0.1, 0.15) is 15.9 Å². The van der Waals surface area contributed by atoms with Crippen LogP contribution in [0.4, 0.5) is 5.69 Å². The van der Waals surface area contributed by atoms with Gasteiger partial charge in [-0.25, -0.2) is 0 Å². The molecule has 2 aromatic carbocycles. The largest absolute Gasteiger partial charge is 0.321 e. The number of nitrogens with one attached hydrogen (secondary N) is 1. The number of aryl methyl sites for hydroxylation is 1. The minimum Gasteiger partial charge on any atom is -0.321 e. The monoisotopic (exact) mass is 415 g/mol. The zero-order valence-corrected chi connectivity index (χ0v) is 13.4. The zero-order chi connectivity index (χ0) is 13.1. The van der Waals surface area contributed by atoms with Crippen LogP contribution in [-0.4, -0.2) is 5.91 Å². The molecule has 0 atom stereocenters. The Morgan fingerprint density at radius 2 is 1.94 bits per heavy atom. The Bertz CT molecular complexity index is 598. The van der Waals surface area contributed by atoms with E-state index in [0.717, 1.165) is 13.7 Å². The van der Waals surface area contributed by atoms with Gasteiger partial charge < -0.3 is 5.32 Å². The highest BCUT2D eigenvalue weighted by atomic mass is 127. The molecule has 1 N–H and O–H groups in total. The van der Waals surface area contributed by atoms with Crippen molar-refractivity contribution in [3.8, 4) is 0 Å². The summed E-state index contributed by atoms with van der Waals surface area (Å²) in [5.41, 5.74) is 2.65. The fourth-order valence-corrected chi connectivity index (χ4v) is 2.83. The van der Waals surface area contributed by atoms with E-state index in [1.807, 2.05) is 43.3 Å². The third kappa shape index (κ3) is 3.11. The van der Waals surface area contributed by atoms with Gasteiger partial charge in [0.05, 0.1) is 11.3 Å². The molecule has 0 aliphatic heterocycles. The Kier molecular flexibility index (Phi) is 4.40. The highest BCUT2D eigenvalue weighted by Gasteiger charge is 2.10. The fourth-order valence-electron chi connectivity index (χ4n) is 1.56. The van der Waals surface area contributed by atoms with Crippen LogP contribution >= 0.6 is 38.5 Å². The maximum Gasteiger partial charge on any atom is 0.256 e. The molecule has 0 bridgehead atoms. The maximum atomic E-state index is 12.1. The van der Waals surface area contributed by atoms with Gasteiger partial charge in [0, 0.05) is 8.04 Å². The average Bonchev–Trinajstić information content (AvgIpc) is 2.33. The molecule has 2 aromatic rings. The van der Waals surface area contributed by atoms with E-state index in [9.17, 15) is 4.79 Å². The summed E-state index contributed by atoms with van der Waals surface area (Å²) in [5.74, 6) is -0.107. The molecule has 0 aliphatic rings. The molecule has 0 saturated carbocycles. The normalized spacial score (nSPS) is 10.2. The van der Waals surface area contributed by atoms with Crippen molar-refractivity contribution in [2.24, 2.45) is 0 Å². The van der Waals surface area contributed by atoms with Crippen molar-refractivity contribution in [1.29, 1.82) is 0 Å². The van der Waals surface area contributed by atoms with Crippen LogP contribution in [0.3, 0.4) is 0 Å². The first kappa shape index (κ1) is 13.5. The van der Waals surface area contributed by atoms with Gasteiger partial charge in [-0.3, -0.25) is 4.79 Å². The lowest BCUT2D eigenvalue weighted by molar-refractivity contribution is 0.102. The summed E-state index contributed by atoms with van der Waals surface area (Å²) in [6, 6.07) is 13.3. The molecule has 1 amide bonds. The third-order valence-electron chi connectivity index (χ3n) is 2.49. The summed E-state index contributed by atoms with van der Waals surface area (Å²) in [7, 11) is 0. The number of carbonyl (C=O) groups is 1. The van der Waals surface area contributed by atoms with Crippen molar-refractivity contribution in [3.63, 3.8) is 0 Å². The first-order chi connectivity index (χ1) is 8.58. The average molecular weight is 416 g/mol. The van der Waals surface area contributed by atoms with Crippen molar-refractivity contribution in [1.82, 2.24) is 0 Å². The molecule has 0 spiro atoms. The van der Waals surface area contributed by atoms with Gasteiger partial charge in [-0.2, -0.15) is 0 Å². The van der Waals surface area contributed by atoms with E-state index in [2.05, 4.69) is 43.8 Å². The number of anilines is 1. The molecule has 0 aromatic heterocycles. The summed E-state index contributed by atoms with van der Waals surface area (Å²) < 4.78 is 1.83. The zero-order valence-electron chi connectivity index (χ0n) is 9.71. The molecule has 0 radical (unpaired) electrons. The summed E-state index contributed by atoms with van der Waals surface area (Å²) in [6.45, 7) is 2.03. The van der Waals surface area contributed by atoms with Gasteiger partial charge in [-0.1, -0.05) is 18.2 Å². The van der Waals surface area contributed by atoms with E-state index in [1.54, 1.807) is 6.07 Å². The quantitative estimate of drug-likeness (QED) is 0.712. The predicted molar refractivity (Wildman–Crippen MR) is 86.0 cm³/mol. The van der Waals surface area contributed by atoms with Crippen LogP contribution in [-0.2, 0) is 0 Å². The van der Waals surface area contributed by atoms with Gasteiger partial charge in [-0.15, -0.1) is 0 Å². The van der Waals surface area contributed by atoms with Gasteiger partial charge in [0.15, 0.2) is 0 Å². The summed E-state index contributed by atoms with van der Waals surface area (Å²) in [5, 5.41) is 2.92. The van der Waals surface area contributed by atoms with Crippen LogP contribution < -0.4 is 5.32 Å². The molecule has 4 heteroatoms. The summed E-state index contributed by atoms with van der Waals surface area (Å²) in [4.78, 5) is 12.1. The number of benzene rings is 2. The molecule has 0 saturated heterocycles. The van der Waals surface area contributed by atoms with Crippen LogP contribution in [0.15, 0.2) is 46.9 Å². The van der Waals surface area contributed by atoms with Crippen molar-refractivity contribution < 1.29 is 4.79 Å². The Morgan fingerprint density at radius 1 is 1.22 bits per heavy atom. The molecule has 0 fully saturated rings. The van der Waals surface area contributed by atoms with E-state index in [-0.39, 0.29) is 5.91 Å². The number of hydrogen-bond acceptors (Lipinski definition) is 1. The molecule has 0 heterocycles. The van der Waals surface area contributed by atoms with Gasteiger partial charge in [0.2, 0.25) is 0 Å². The van der Waals surface area contributed by atoms with Crippen molar-refractivity contribution in [2.75, 3.05) is 5.32 Å². The van der Waals surface area contributed by atoms with Crippen LogP contribution in [0.2, 0.25) is 0 Å². The van der Waals surface area contributed by atoms with Gasteiger partial charge in [-0.05, 0) is 75.3 Å². The molecule has 92 valence electrons. The van der Waals surface area contributed by atoms with Crippen LogP contribution in [0.25, 0.3) is 0 Å². The Hall–Kier alpha value is -0.880. The van der Waals surface area contributed by atoms with Crippen LogP contribution in [0, 0.1) is 10.5 Å². The fraction of sp³-hybridized carbons (Fsp3) is 0.0714. The van der Waals surface area contributed by atoms with Gasteiger partial charge in [0.1, 0.15) is 0 Å². The standard InChI is InChI=1S/C14H11BrINO/c1-9-6-7-13(12(16)8-9)17-14(18)10-4-2-3-5-11(10)15/h2-8H,1H3,(H,17,18). The lowest BCUT2D eigenvalue weighted by Gasteiger charge is -2.09.